The fourth-order valence-electron chi connectivity index (χ4n) is 2.69. The Hall–Kier alpha value is -0.240. The molecule has 1 atom stereocenters. The zero-order chi connectivity index (χ0) is 12.5. The largest absolute Gasteiger partial charge is 0.311 e. The standard InChI is InChI=1S/C14H19Cl2N/c1-10(2)14(6-3-7-17-14)9-11-4-5-12(15)13(16)8-11/h4-5,8,10,17H,3,6-7,9H2,1-2H3. The van der Waals surface area contributed by atoms with Crippen LogP contribution in [-0.4, -0.2) is 12.1 Å². The first-order valence-electron chi connectivity index (χ1n) is 6.22. The number of benzene rings is 1. The van der Waals surface area contributed by atoms with Crippen molar-refractivity contribution in [2.24, 2.45) is 5.92 Å². The van der Waals surface area contributed by atoms with Gasteiger partial charge < -0.3 is 5.32 Å². The zero-order valence-electron chi connectivity index (χ0n) is 10.4. The molecule has 0 amide bonds. The molecule has 0 radical (unpaired) electrons. The first-order chi connectivity index (χ1) is 8.03. The quantitative estimate of drug-likeness (QED) is 0.864. The van der Waals surface area contributed by atoms with Crippen LogP contribution in [0.3, 0.4) is 0 Å². The van der Waals surface area contributed by atoms with Gasteiger partial charge in [-0.3, -0.25) is 0 Å². The zero-order valence-corrected chi connectivity index (χ0v) is 11.9. The molecule has 1 heterocycles. The highest BCUT2D eigenvalue weighted by Gasteiger charge is 2.36. The molecule has 1 aliphatic rings. The molecule has 1 saturated heterocycles. The maximum Gasteiger partial charge on any atom is 0.0595 e. The molecule has 1 unspecified atom stereocenters. The van der Waals surface area contributed by atoms with E-state index < -0.39 is 0 Å². The lowest BCUT2D eigenvalue weighted by Gasteiger charge is -2.34. The van der Waals surface area contributed by atoms with Crippen molar-refractivity contribution in [3.63, 3.8) is 0 Å². The van der Waals surface area contributed by atoms with Crippen molar-refractivity contribution in [1.29, 1.82) is 0 Å². The number of rotatable bonds is 3. The van der Waals surface area contributed by atoms with Crippen molar-refractivity contribution in [2.45, 2.75) is 38.6 Å². The average molecular weight is 272 g/mol. The van der Waals surface area contributed by atoms with E-state index in [2.05, 4.69) is 25.2 Å². The van der Waals surface area contributed by atoms with E-state index in [-0.39, 0.29) is 5.54 Å². The fraction of sp³-hybridized carbons (Fsp3) is 0.571. The van der Waals surface area contributed by atoms with Gasteiger partial charge >= 0.3 is 0 Å². The van der Waals surface area contributed by atoms with Crippen molar-refractivity contribution < 1.29 is 0 Å². The third-order valence-electron chi connectivity index (χ3n) is 3.89. The normalized spacial score (nSPS) is 24.5. The molecule has 1 nitrogen and oxygen atoms in total. The van der Waals surface area contributed by atoms with Gasteiger partial charge in [0, 0.05) is 5.54 Å². The molecule has 0 bridgehead atoms. The number of halogens is 2. The molecule has 3 heteroatoms. The van der Waals surface area contributed by atoms with E-state index >= 15 is 0 Å². The van der Waals surface area contributed by atoms with Gasteiger partial charge in [0.1, 0.15) is 0 Å². The summed E-state index contributed by atoms with van der Waals surface area (Å²) in [7, 11) is 0. The Morgan fingerprint density at radius 1 is 1.29 bits per heavy atom. The van der Waals surface area contributed by atoms with Crippen LogP contribution < -0.4 is 5.32 Å². The van der Waals surface area contributed by atoms with Crippen LogP contribution in [-0.2, 0) is 6.42 Å². The molecular weight excluding hydrogens is 253 g/mol. The van der Waals surface area contributed by atoms with Crippen LogP contribution in [0.1, 0.15) is 32.3 Å². The minimum atomic E-state index is 0.233. The molecular formula is C14H19Cl2N. The summed E-state index contributed by atoms with van der Waals surface area (Å²) < 4.78 is 0. The van der Waals surface area contributed by atoms with Crippen molar-refractivity contribution in [3.05, 3.63) is 33.8 Å². The second kappa shape index (κ2) is 5.17. The molecule has 1 aromatic rings. The summed E-state index contributed by atoms with van der Waals surface area (Å²) in [6.45, 7) is 5.70. The van der Waals surface area contributed by atoms with E-state index in [9.17, 15) is 0 Å². The molecule has 2 rings (SSSR count). The van der Waals surface area contributed by atoms with E-state index in [0.29, 0.717) is 16.0 Å². The van der Waals surface area contributed by atoms with Gasteiger partial charge in [-0.2, -0.15) is 0 Å². The van der Waals surface area contributed by atoms with Crippen molar-refractivity contribution in [1.82, 2.24) is 5.32 Å². The lowest BCUT2D eigenvalue weighted by Crippen LogP contribution is -2.46. The molecule has 1 N–H and O–H groups in total. The third kappa shape index (κ3) is 2.78. The Bertz CT molecular complexity index is 395. The van der Waals surface area contributed by atoms with Crippen LogP contribution in [0.4, 0.5) is 0 Å². The Labute approximate surface area is 114 Å². The predicted octanol–water partition coefficient (Wildman–Crippen LogP) is 4.31. The maximum absolute atomic E-state index is 6.07. The lowest BCUT2D eigenvalue weighted by atomic mass is 9.80. The van der Waals surface area contributed by atoms with E-state index in [4.69, 9.17) is 23.2 Å². The summed E-state index contributed by atoms with van der Waals surface area (Å²) in [6.07, 6.45) is 3.53. The molecule has 94 valence electrons. The summed E-state index contributed by atoms with van der Waals surface area (Å²) >= 11 is 12.0. The molecule has 1 aliphatic heterocycles. The summed E-state index contributed by atoms with van der Waals surface area (Å²) in [5.41, 5.74) is 1.50. The van der Waals surface area contributed by atoms with Gasteiger partial charge in [-0.1, -0.05) is 43.1 Å². The number of hydrogen-bond acceptors (Lipinski definition) is 1. The predicted molar refractivity (Wildman–Crippen MR) is 75.0 cm³/mol. The summed E-state index contributed by atoms with van der Waals surface area (Å²) in [5.74, 6) is 0.624. The second-order valence-electron chi connectivity index (χ2n) is 5.27. The van der Waals surface area contributed by atoms with E-state index in [1.54, 1.807) is 0 Å². The fourth-order valence-corrected chi connectivity index (χ4v) is 3.01. The second-order valence-corrected chi connectivity index (χ2v) is 6.08. The minimum Gasteiger partial charge on any atom is -0.311 e. The highest BCUT2D eigenvalue weighted by Crippen LogP contribution is 2.33. The Morgan fingerprint density at radius 3 is 2.59 bits per heavy atom. The number of hydrogen-bond donors (Lipinski definition) is 1. The molecule has 1 aromatic carbocycles. The first-order valence-corrected chi connectivity index (χ1v) is 6.98. The minimum absolute atomic E-state index is 0.233. The van der Waals surface area contributed by atoms with Crippen molar-refractivity contribution >= 4 is 23.2 Å². The highest BCUT2D eigenvalue weighted by atomic mass is 35.5. The van der Waals surface area contributed by atoms with Crippen molar-refractivity contribution in [2.75, 3.05) is 6.54 Å². The molecule has 17 heavy (non-hydrogen) atoms. The van der Waals surface area contributed by atoms with Gasteiger partial charge in [-0.15, -0.1) is 0 Å². The van der Waals surface area contributed by atoms with E-state index in [1.807, 2.05) is 12.1 Å². The van der Waals surface area contributed by atoms with Gasteiger partial charge in [0.15, 0.2) is 0 Å². The third-order valence-corrected chi connectivity index (χ3v) is 4.62. The van der Waals surface area contributed by atoms with Gasteiger partial charge in [0.25, 0.3) is 0 Å². The molecule has 0 aromatic heterocycles. The van der Waals surface area contributed by atoms with Gasteiger partial charge in [0.05, 0.1) is 10.0 Å². The van der Waals surface area contributed by atoms with Crippen LogP contribution in [0, 0.1) is 5.92 Å². The Kier molecular flexibility index (Phi) is 4.02. The van der Waals surface area contributed by atoms with Crippen LogP contribution in [0.25, 0.3) is 0 Å². The van der Waals surface area contributed by atoms with Crippen LogP contribution in [0.2, 0.25) is 10.0 Å². The monoisotopic (exact) mass is 271 g/mol. The SMILES string of the molecule is CC(C)C1(Cc2ccc(Cl)c(Cl)c2)CCCN1. The smallest absolute Gasteiger partial charge is 0.0595 e. The van der Waals surface area contributed by atoms with Crippen LogP contribution in [0.5, 0.6) is 0 Å². The maximum atomic E-state index is 6.07. The van der Waals surface area contributed by atoms with Gasteiger partial charge in [-0.05, 0) is 49.4 Å². The van der Waals surface area contributed by atoms with Crippen molar-refractivity contribution in [3.8, 4) is 0 Å². The highest BCUT2D eigenvalue weighted by molar-refractivity contribution is 6.42. The summed E-state index contributed by atoms with van der Waals surface area (Å²) in [4.78, 5) is 0. The topological polar surface area (TPSA) is 12.0 Å². The van der Waals surface area contributed by atoms with Gasteiger partial charge in [0.2, 0.25) is 0 Å². The lowest BCUT2D eigenvalue weighted by molar-refractivity contribution is 0.269. The van der Waals surface area contributed by atoms with Crippen LogP contribution >= 0.6 is 23.2 Å². The Morgan fingerprint density at radius 2 is 2.06 bits per heavy atom. The molecule has 0 aliphatic carbocycles. The summed E-state index contributed by atoms with van der Waals surface area (Å²) in [6, 6.07) is 5.97. The average Bonchev–Trinajstić information content (AvgIpc) is 2.73. The number of nitrogens with one attached hydrogen (secondary N) is 1. The molecule has 0 spiro atoms. The van der Waals surface area contributed by atoms with E-state index in [0.717, 1.165) is 13.0 Å². The molecule has 1 fully saturated rings. The summed E-state index contributed by atoms with van der Waals surface area (Å²) in [5, 5.41) is 4.96. The molecule has 0 saturated carbocycles. The first kappa shape index (κ1) is 13.2. The van der Waals surface area contributed by atoms with Crippen LogP contribution in [0.15, 0.2) is 18.2 Å². The van der Waals surface area contributed by atoms with E-state index in [1.165, 1.54) is 18.4 Å². The Balaban J connectivity index is 2.20. The van der Waals surface area contributed by atoms with Gasteiger partial charge in [-0.25, -0.2) is 0 Å².